The van der Waals surface area contributed by atoms with E-state index in [1.807, 2.05) is 110 Å². The van der Waals surface area contributed by atoms with Crippen molar-refractivity contribution in [3.63, 3.8) is 0 Å². The first-order valence-electron chi connectivity index (χ1n) is 45.4. The summed E-state index contributed by atoms with van der Waals surface area (Å²) in [6.07, 6.45) is 21.0. The number of nitrogens with one attached hydrogen (secondary N) is 4. The first kappa shape index (κ1) is 87.5. The van der Waals surface area contributed by atoms with Crippen LogP contribution in [0.25, 0.3) is 67.9 Å². The molecule has 13 aromatic rings. The van der Waals surface area contributed by atoms with Gasteiger partial charge in [0.2, 0.25) is 0 Å². The highest BCUT2D eigenvalue weighted by Crippen LogP contribution is 2.66. The van der Waals surface area contributed by atoms with Crippen molar-refractivity contribution in [3.8, 4) is 5.75 Å². The number of ether oxygens (including phenoxy) is 2. The van der Waals surface area contributed by atoms with Gasteiger partial charge in [-0.2, -0.15) is 0 Å². The Morgan fingerprint density at radius 1 is 0.420 bits per heavy atom. The number of alkyl halides is 2. The van der Waals surface area contributed by atoms with Crippen molar-refractivity contribution in [1.82, 2.24) is 39.5 Å². The Bertz CT molecular complexity index is 6640. The number of fused-ring (bicyclic) bond motifs is 12. The molecule has 9 aromatic carbocycles. The number of carboxylic acids is 3. The van der Waals surface area contributed by atoms with Crippen molar-refractivity contribution in [1.29, 1.82) is 0 Å². The summed E-state index contributed by atoms with van der Waals surface area (Å²) in [5, 5.41) is 31.3. The zero-order chi connectivity index (χ0) is 91.2. The molecule has 4 aromatic heterocycles. The lowest BCUT2D eigenvalue weighted by molar-refractivity contribution is -0.174. The average molecular weight is 1770 g/mol. The van der Waals surface area contributed by atoms with Gasteiger partial charge < -0.3 is 44.7 Å². The fourth-order valence-corrected chi connectivity index (χ4v) is 23.1. The number of carbonyl (C=O) groups is 4. The Hall–Kier alpha value is -12.8. The lowest BCUT2D eigenvalue weighted by atomic mass is 9.48. The van der Waals surface area contributed by atoms with E-state index in [-0.39, 0.29) is 65.2 Å². The van der Waals surface area contributed by atoms with E-state index in [0.717, 1.165) is 123 Å². The van der Waals surface area contributed by atoms with E-state index >= 15 is 17.6 Å². The van der Waals surface area contributed by atoms with Crippen LogP contribution in [0.15, 0.2) is 218 Å². The minimum absolute atomic E-state index is 0.00538. The number of carbonyl (C=O) groups excluding carboxylic acids is 1. The van der Waals surface area contributed by atoms with E-state index in [0.29, 0.717) is 48.4 Å². The Morgan fingerprint density at radius 3 is 1.12 bits per heavy atom. The van der Waals surface area contributed by atoms with Gasteiger partial charge >= 0.3 is 23.9 Å². The molecule has 672 valence electrons. The number of halogens is 6. The molecule has 7 aliphatic carbocycles. The maximum absolute atomic E-state index is 15.6. The Labute approximate surface area is 755 Å². The van der Waals surface area contributed by atoms with E-state index in [2.05, 4.69) is 140 Å². The summed E-state index contributed by atoms with van der Waals surface area (Å²) in [6, 6.07) is 61.3. The van der Waals surface area contributed by atoms with Gasteiger partial charge in [-0.3, -0.25) is 19.6 Å². The van der Waals surface area contributed by atoms with Crippen LogP contribution < -0.4 is 4.74 Å². The minimum Gasteiger partial charge on any atom is -0.497 e. The van der Waals surface area contributed by atoms with Crippen LogP contribution in [0.2, 0.25) is 0 Å². The van der Waals surface area contributed by atoms with Crippen molar-refractivity contribution < 1.29 is 70.3 Å². The van der Waals surface area contributed by atoms with Crippen molar-refractivity contribution in [3.05, 3.63) is 337 Å². The monoisotopic (exact) mass is 1770 g/mol. The van der Waals surface area contributed by atoms with Crippen molar-refractivity contribution >= 4 is 91.8 Å². The van der Waals surface area contributed by atoms with Crippen LogP contribution in [0.3, 0.4) is 0 Å². The molecule has 24 rings (SSSR count). The van der Waals surface area contributed by atoms with Gasteiger partial charge in [-0.25, -0.2) is 45.5 Å². The third-order valence-electron chi connectivity index (χ3n) is 29.0. The lowest BCUT2D eigenvalue weighted by Crippen LogP contribution is -2.71. The summed E-state index contributed by atoms with van der Waals surface area (Å²) in [5.74, 6) is -6.93. The molecule has 4 aliphatic heterocycles. The van der Waals surface area contributed by atoms with Gasteiger partial charge in [0.05, 0.1) is 37.9 Å². The summed E-state index contributed by atoms with van der Waals surface area (Å²) in [5.41, 5.74) is 19.4. The molecular weight excluding hydrogens is 1670 g/mol. The summed E-state index contributed by atoms with van der Waals surface area (Å²) in [6.45, 7) is 11.5. The number of carboxylic acid groups (broad SMARTS) is 3. The molecule has 7 N–H and O–H groups in total. The standard InChI is InChI=1S/C29H26F2N2O3.C28H30N2O2.C26H26N2O2.C25H22F4N2O2/c1-17-13-22-21-5-3-4-6-25(21)32-28(22)29(33(17)16-18-7-10-20(36-2)11-8-18)27-23(30)14-19(15-24(27)31)9-12-26(34)35;1-3-32-25(31)13-10-19-8-11-21(12-9-19)27-26-23(22-6-4-5-7-24(22)29-26)14-18(2)30(27)28-15-20(16-28)17-28;1-16-12-21-20-4-2-3-5-22(20)27-24(21)25(28(16)26-13-18(14-26)15-26)19-9-6-17(7-10-19)8-11-23(29)30;1-13-8-17-16-4-2-3-5-20(16)30-23(17)24(31(13)15-11-25(28,29)12-15)22-18(26)9-14(10-19(22)27)6-7-21(32)33/h3-12,14-15,17,29,32H,13,16H2,1-2H3,(H,34,35);4-13,18,20,27,29H,3,14-17H2,1-2H3;2-11,16,18,25,27H,12-15H2,1H3,(H,29,30);2-7,9-10,13,15,24,30H,8,11-12H2,1H3,(H,32,33)/b12-9+;13-10+;11-8+;7-6+. The van der Waals surface area contributed by atoms with Crippen LogP contribution in [-0.4, -0.2) is 140 Å². The molecule has 4 bridgehead atoms. The number of para-hydroxylation sites is 4. The van der Waals surface area contributed by atoms with Gasteiger partial charge in [-0.1, -0.05) is 133 Å². The first-order chi connectivity index (χ1) is 63.1. The number of nitrogens with zero attached hydrogens (tertiary/aromatic N) is 4. The molecule has 8 unspecified atom stereocenters. The third kappa shape index (κ3) is 16.6. The van der Waals surface area contributed by atoms with Gasteiger partial charge in [0, 0.05) is 162 Å². The van der Waals surface area contributed by atoms with Crippen molar-refractivity contribution in [2.75, 3.05) is 13.7 Å². The van der Waals surface area contributed by atoms with Gasteiger partial charge in [0.15, 0.2) is 0 Å². The smallest absolute Gasteiger partial charge is 0.330 e. The molecule has 7 fully saturated rings. The summed E-state index contributed by atoms with van der Waals surface area (Å²) in [4.78, 5) is 68.0. The second kappa shape index (κ2) is 35.1. The zero-order valence-electron chi connectivity index (χ0n) is 73.7. The number of aliphatic carboxylic acids is 3. The summed E-state index contributed by atoms with van der Waals surface area (Å²) >= 11 is 0. The fourth-order valence-electron chi connectivity index (χ4n) is 23.1. The topological polar surface area (TPSA) is 224 Å². The van der Waals surface area contributed by atoms with Crippen LogP contribution in [0, 0.1) is 35.1 Å². The Morgan fingerprint density at radius 2 is 0.763 bits per heavy atom. The largest absolute Gasteiger partial charge is 0.497 e. The molecule has 7 saturated carbocycles. The number of hydrogen-bond donors (Lipinski definition) is 7. The molecule has 17 nitrogen and oxygen atoms in total. The number of esters is 1. The van der Waals surface area contributed by atoms with Crippen molar-refractivity contribution in [2.24, 2.45) is 11.8 Å². The molecule has 11 aliphatic rings. The number of aromatic amines is 4. The van der Waals surface area contributed by atoms with Gasteiger partial charge in [-0.05, 0) is 257 Å². The molecule has 8 atom stereocenters. The molecule has 8 heterocycles. The van der Waals surface area contributed by atoms with Crippen LogP contribution in [0.1, 0.15) is 205 Å². The highest BCUT2D eigenvalue weighted by Gasteiger charge is 2.65. The third-order valence-corrected chi connectivity index (χ3v) is 29.0. The number of benzene rings is 9. The van der Waals surface area contributed by atoms with Crippen LogP contribution in [-0.2, 0) is 56.1 Å². The highest BCUT2D eigenvalue weighted by molar-refractivity contribution is 5.91. The molecule has 0 amide bonds. The SMILES string of the molecule is CC1Cc2c([nH]c3ccccc23)C(c2c(F)cc(/C=C/C(=O)O)cc2F)N1C1CC(F)(F)C1.CC1Cc2c([nH]c3ccccc23)C(c2ccc(/C=C/C(=O)O)cc2)N1C12CC(C1)C2.CCOC(=O)/C=C/c1ccc(C2c3[nH]c4ccccc4c3CC(C)N2C23CC(C2)C3)cc1.COc1ccc(CN2C(C)Cc3c([nH]c4ccccc34)C2c2c(F)cc(/C=C/C(=O)O)cc2F)cc1. The summed E-state index contributed by atoms with van der Waals surface area (Å²) < 4.78 is 99.9. The molecule has 0 saturated heterocycles. The number of methoxy groups -OCH3 is 1. The average Bonchev–Trinajstić information content (AvgIpc) is 1.29. The van der Waals surface area contributed by atoms with E-state index < -0.39 is 65.2 Å². The summed E-state index contributed by atoms with van der Waals surface area (Å²) in [7, 11) is 1.61. The maximum Gasteiger partial charge on any atom is 0.330 e. The fraction of sp³-hybridized carbons (Fsp3) is 0.315. The molecule has 0 radical (unpaired) electrons. The van der Waals surface area contributed by atoms with Crippen molar-refractivity contribution in [2.45, 2.75) is 190 Å². The quantitative estimate of drug-likeness (QED) is 0.0228. The van der Waals surface area contributed by atoms with Gasteiger partial charge in [-0.15, -0.1) is 0 Å². The number of H-pyrrole nitrogens is 4. The number of hydrogen-bond acceptors (Lipinski definition) is 10. The molecule has 131 heavy (non-hydrogen) atoms. The number of rotatable bonds is 19. The van der Waals surface area contributed by atoms with Crippen LogP contribution in [0.4, 0.5) is 26.3 Å². The predicted octanol–water partition coefficient (Wildman–Crippen LogP) is 22.6. The Balaban J connectivity index is 0.000000113. The second-order valence-corrected chi connectivity index (χ2v) is 37.4. The molecule has 23 heteroatoms. The van der Waals surface area contributed by atoms with Gasteiger partial charge in [0.1, 0.15) is 29.0 Å². The normalized spacial score (nSPS) is 24.7. The lowest BCUT2D eigenvalue weighted by Gasteiger charge is -2.70. The minimum atomic E-state index is -2.78. The van der Waals surface area contributed by atoms with Crippen LogP contribution in [0.5, 0.6) is 5.75 Å². The van der Waals surface area contributed by atoms with E-state index in [1.54, 1.807) is 13.2 Å². The van der Waals surface area contributed by atoms with E-state index in [1.165, 1.54) is 124 Å². The second-order valence-electron chi connectivity index (χ2n) is 37.4. The van der Waals surface area contributed by atoms with Gasteiger partial charge in [0.25, 0.3) is 5.92 Å². The highest BCUT2D eigenvalue weighted by atomic mass is 19.3. The molecular formula is C108H104F6N8O9. The maximum atomic E-state index is 15.6. The first-order valence-corrected chi connectivity index (χ1v) is 45.4. The zero-order valence-corrected chi connectivity index (χ0v) is 73.7. The predicted molar refractivity (Wildman–Crippen MR) is 497 cm³/mol. The number of aromatic nitrogens is 4. The Kier molecular flexibility index (Phi) is 23.5. The van der Waals surface area contributed by atoms with E-state index in [4.69, 9.17) is 24.8 Å². The van der Waals surface area contributed by atoms with E-state index in [9.17, 15) is 28.0 Å². The molecule has 0 spiro atoms. The van der Waals surface area contributed by atoms with Crippen LogP contribution >= 0.6 is 0 Å².